The molecule has 1 heterocycles. The smallest absolute Gasteiger partial charge is 0.272 e. The molecule has 98 valence electrons. The molecule has 2 aromatic rings. The van der Waals surface area contributed by atoms with Crippen LogP contribution in [-0.4, -0.2) is 10.9 Å². The third kappa shape index (κ3) is 3.32. The highest BCUT2D eigenvalue weighted by molar-refractivity contribution is 9.09. The number of benzene rings is 1. The number of halogens is 1. The van der Waals surface area contributed by atoms with Crippen LogP contribution < -0.4 is 10.9 Å². The van der Waals surface area contributed by atoms with Crippen molar-refractivity contribution in [2.75, 3.05) is 5.32 Å². The van der Waals surface area contributed by atoms with Gasteiger partial charge in [0.15, 0.2) is 0 Å². The van der Waals surface area contributed by atoms with E-state index in [0.717, 1.165) is 11.3 Å². The van der Waals surface area contributed by atoms with E-state index in [1.165, 1.54) is 6.07 Å². The molecule has 5 heteroatoms. The molecule has 0 saturated carbocycles. The number of rotatable bonds is 3. The van der Waals surface area contributed by atoms with Gasteiger partial charge in [-0.3, -0.25) is 9.59 Å². The largest absolute Gasteiger partial charge is 0.320 e. The molecular weight excluding hydrogens is 308 g/mol. The fourth-order valence-corrected chi connectivity index (χ4v) is 2.13. The number of aromatic nitrogens is 1. The minimum absolute atomic E-state index is 0.124. The van der Waals surface area contributed by atoms with E-state index in [9.17, 15) is 9.59 Å². The van der Waals surface area contributed by atoms with Gasteiger partial charge in [0.25, 0.3) is 5.91 Å². The van der Waals surface area contributed by atoms with E-state index in [1.807, 2.05) is 31.2 Å². The van der Waals surface area contributed by atoms with Gasteiger partial charge in [0.1, 0.15) is 5.69 Å². The number of alkyl halides is 1. The van der Waals surface area contributed by atoms with Gasteiger partial charge in [-0.25, -0.2) is 0 Å². The van der Waals surface area contributed by atoms with E-state index in [0.29, 0.717) is 0 Å². The van der Waals surface area contributed by atoms with Crippen molar-refractivity contribution < 1.29 is 4.79 Å². The van der Waals surface area contributed by atoms with Crippen molar-refractivity contribution in [3.05, 3.63) is 64.1 Å². The van der Waals surface area contributed by atoms with Crippen molar-refractivity contribution in [3.63, 3.8) is 0 Å². The molecule has 1 atom stereocenters. The molecule has 0 spiro atoms. The van der Waals surface area contributed by atoms with Gasteiger partial charge in [0.05, 0.1) is 0 Å². The second kappa shape index (κ2) is 5.84. The van der Waals surface area contributed by atoms with Gasteiger partial charge in [0.2, 0.25) is 5.56 Å². The summed E-state index contributed by atoms with van der Waals surface area (Å²) >= 11 is 3.48. The molecule has 2 N–H and O–H groups in total. The normalized spacial score (nSPS) is 11.9. The van der Waals surface area contributed by atoms with E-state index >= 15 is 0 Å². The van der Waals surface area contributed by atoms with Crippen LogP contribution in [0.4, 0.5) is 5.69 Å². The van der Waals surface area contributed by atoms with Gasteiger partial charge in [-0.2, -0.15) is 0 Å². The standard InChI is InChI=1S/C14H13BrN2O2/c1-9(15)10-5-2-3-6-11(10)17-14(19)12-7-4-8-13(18)16-12/h2-9H,1H3,(H,16,18)(H,17,19). The highest BCUT2D eigenvalue weighted by Crippen LogP contribution is 2.28. The summed E-state index contributed by atoms with van der Waals surface area (Å²) < 4.78 is 0. The van der Waals surface area contributed by atoms with Crippen molar-refractivity contribution in [2.45, 2.75) is 11.8 Å². The Morgan fingerprint density at radius 1 is 1.21 bits per heavy atom. The van der Waals surface area contributed by atoms with Crippen LogP contribution in [0.3, 0.4) is 0 Å². The molecule has 0 saturated heterocycles. The van der Waals surface area contributed by atoms with Crippen LogP contribution in [0.5, 0.6) is 0 Å². The Morgan fingerprint density at radius 2 is 1.95 bits per heavy atom. The van der Waals surface area contributed by atoms with Crippen LogP contribution in [0.25, 0.3) is 0 Å². The lowest BCUT2D eigenvalue weighted by Gasteiger charge is -2.12. The second-order valence-corrected chi connectivity index (χ2v) is 5.46. The minimum Gasteiger partial charge on any atom is -0.320 e. The van der Waals surface area contributed by atoms with Gasteiger partial charge in [-0.1, -0.05) is 40.2 Å². The van der Waals surface area contributed by atoms with E-state index in [4.69, 9.17) is 0 Å². The Bertz CT molecular complexity index is 650. The second-order valence-electron chi connectivity index (χ2n) is 4.09. The molecule has 0 aliphatic rings. The molecule has 0 bridgehead atoms. The highest BCUT2D eigenvalue weighted by Gasteiger charge is 2.11. The zero-order valence-electron chi connectivity index (χ0n) is 10.3. The molecular formula is C14H13BrN2O2. The van der Waals surface area contributed by atoms with Crippen molar-refractivity contribution in [2.24, 2.45) is 0 Å². The lowest BCUT2D eigenvalue weighted by Crippen LogP contribution is -2.18. The average Bonchev–Trinajstić information content (AvgIpc) is 2.39. The van der Waals surface area contributed by atoms with Crippen molar-refractivity contribution in [1.82, 2.24) is 4.98 Å². The first-order valence-electron chi connectivity index (χ1n) is 5.81. The van der Waals surface area contributed by atoms with Crippen LogP contribution in [0.1, 0.15) is 27.8 Å². The maximum absolute atomic E-state index is 12.0. The third-order valence-corrected chi connectivity index (χ3v) is 3.14. The topological polar surface area (TPSA) is 62.0 Å². The Morgan fingerprint density at radius 3 is 2.63 bits per heavy atom. The molecule has 0 aliphatic heterocycles. The summed E-state index contributed by atoms with van der Waals surface area (Å²) in [5, 5.41) is 2.80. The zero-order chi connectivity index (χ0) is 13.8. The number of carbonyl (C=O) groups is 1. The van der Waals surface area contributed by atoms with Crippen LogP contribution in [-0.2, 0) is 0 Å². The summed E-state index contributed by atoms with van der Waals surface area (Å²) in [6.07, 6.45) is 0. The molecule has 1 amide bonds. The molecule has 1 aromatic heterocycles. The minimum atomic E-state index is -0.335. The van der Waals surface area contributed by atoms with E-state index < -0.39 is 0 Å². The zero-order valence-corrected chi connectivity index (χ0v) is 11.9. The van der Waals surface area contributed by atoms with Gasteiger partial charge in [-0.05, 0) is 24.6 Å². The van der Waals surface area contributed by atoms with Crippen LogP contribution in [0.2, 0.25) is 0 Å². The monoisotopic (exact) mass is 320 g/mol. The molecule has 19 heavy (non-hydrogen) atoms. The average molecular weight is 321 g/mol. The molecule has 0 aliphatic carbocycles. The van der Waals surface area contributed by atoms with Gasteiger partial charge in [-0.15, -0.1) is 0 Å². The Kier molecular flexibility index (Phi) is 4.16. The quantitative estimate of drug-likeness (QED) is 0.854. The molecule has 4 nitrogen and oxygen atoms in total. The number of anilines is 1. The van der Waals surface area contributed by atoms with Crippen LogP contribution in [0.15, 0.2) is 47.3 Å². The van der Waals surface area contributed by atoms with Crippen molar-refractivity contribution >= 4 is 27.5 Å². The number of aromatic amines is 1. The first-order valence-corrected chi connectivity index (χ1v) is 6.73. The van der Waals surface area contributed by atoms with E-state index in [1.54, 1.807) is 12.1 Å². The van der Waals surface area contributed by atoms with E-state index in [-0.39, 0.29) is 22.0 Å². The molecule has 1 unspecified atom stereocenters. The molecule has 1 aromatic carbocycles. The number of nitrogens with one attached hydrogen (secondary N) is 2. The van der Waals surface area contributed by atoms with Crippen molar-refractivity contribution in [1.29, 1.82) is 0 Å². The lowest BCUT2D eigenvalue weighted by atomic mass is 10.1. The number of pyridine rings is 1. The number of hydrogen-bond donors (Lipinski definition) is 2. The lowest BCUT2D eigenvalue weighted by molar-refractivity contribution is 0.102. The maximum atomic E-state index is 12.0. The first kappa shape index (κ1) is 13.5. The number of hydrogen-bond acceptors (Lipinski definition) is 2. The number of H-pyrrole nitrogens is 1. The number of para-hydroxylation sites is 1. The van der Waals surface area contributed by atoms with Gasteiger partial charge in [0, 0.05) is 16.6 Å². The summed E-state index contributed by atoms with van der Waals surface area (Å²) in [5.41, 5.74) is 1.65. The third-order valence-electron chi connectivity index (χ3n) is 2.65. The molecule has 2 rings (SSSR count). The summed E-state index contributed by atoms with van der Waals surface area (Å²) in [6, 6.07) is 12.0. The molecule has 0 fully saturated rings. The summed E-state index contributed by atoms with van der Waals surface area (Å²) in [6.45, 7) is 1.98. The Labute approximate surface area is 119 Å². The fraction of sp³-hybridized carbons (Fsp3) is 0.143. The first-order chi connectivity index (χ1) is 9.08. The van der Waals surface area contributed by atoms with Crippen molar-refractivity contribution in [3.8, 4) is 0 Å². The summed E-state index contributed by atoms with van der Waals surface area (Å²) in [4.78, 5) is 25.8. The number of amides is 1. The summed E-state index contributed by atoms with van der Waals surface area (Å²) in [5.74, 6) is -0.335. The SMILES string of the molecule is CC(Br)c1ccccc1NC(=O)c1cccc(=O)[nH]1. The highest BCUT2D eigenvalue weighted by atomic mass is 79.9. The molecule has 0 radical (unpaired) electrons. The predicted octanol–water partition coefficient (Wildman–Crippen LogP) is 3.08. The van der Waals surface area contributed by atoms with Gasteiger partial charge >= 0.3 is 0 Å². The predicted molar refractivity (Wildman–Crippen MR) is 78.8 cm³/mol. The van der Waals surface area contributed by atoms with Gasteiger partial charge < -0.3 is 10.3 Å². The fourth-order valence-electron chi connectivity index (χ4n) is 1.73. The van der Waals surface area contributed by atoms with Crippen LogP contribution in [0, 0.1) is 0 Å². The summed E-state index contributed by atoms with van der Waals surface area (Å²) in [7, 11) is 0. The Hall–Kier alpha value is -1.88. The van der Waals surface area contributed by atoms with Crippen LogP contribution >= 0.6 is 15.9 Å². The number of carbonyl (C=O) groups excluding carboxylic acids is 1. The van der Waals surface area contributed by atoms with E-state index in [2.05, 4.69) is 26.2 Å². The maximum Gasteiger partial charge on any atom is 0.272 e. The Balaban J connectivity index is 2.27.